The summed E-state index contributed by atoms with van der Waals surface area (Å²) in [7, 11) is 0. The van der Waals surface area contributed by atoms with Crippen LogP contribution < -0.4 is 9.80 Å². The Kier molecular flexibility index (Phi) is 6.10. The van der Waals surface area contributed by atoms with Gasteiger partial charge in [0.05, 0.1) is 18.1 Å². The van der Waals surface area contributed by atoms with Crippen molar-refractivity contribution in [1.29, 1.82) is 0 Å². The van der Waals surface area contributed by atoms with Crippen LogP contribution in [0.3, 0.4) is 0 Å². The maximum Gasteiger partial charge on any atom is 0.412 e. The molecule has 2 N–H and O–H groups in total. The van der Waals surface area contributed by atoms with Crippen molar-refractivity contribution in [3.8, 4) is 12.3 Å². The molecular weight excluding hydrogens is 394 g/mol. The van der Waals surface area contributed by atoms with Crippen molar-refractivity contribution >= 4 is 23.4 Å². The lowest BCUT2D eigenvalue weighted by atomic mass is 9.78. The number of benzene rings is 1. The third kappa shape index (κ3) is 4.22. The first-order chi connectivity index (χ1) is 14.9. The third-order valence-corrected chi connectivity index (χ3v) is 7.24. The van der Waals surface area contributed by atoms with E-state index in [1.165, 1.54) is 0 Å². The number of aliphatic hydroxyl groups excluding tert-OH is 1. The number of anilines is 2. The number of hydrogen-bond acceptors (Lipinski definition) is 4. The highest BCUT2D eigenvalue weighted by Gasteiger charge is 2.50. The van der Waals surface area contributed by atoms with E-state index in [1.54, 1.807) is 12.1 Å². The highest BCUT2D eigenvalue weighted by Crippen LogP contribution is 2.43. The van der Waals surface area contributed by atoms with E-state index < -0.39 is 6.09 Å². The molecule has 2 aliphatic heterocycles. The Morgan fingerprint density at radius 1 is 1.16 bits per heavy atom. The standard InChI is InChI=1S/C24H31N3O4/c1-2-14-27(23(30)31)20-6-4-18(5-7-20)25-15-3-12-24(17-25)13-16-26(22(24)29)19-8-10-21(28)11-9-19/h1,4-7,19,21,28H,3,8-17H2,(H,30,31). The van der Waals surface area contributed by atoms with Gasteiger partial charge in [-0.25, -0.2) is 4.79 Å². The van der Waals surface area contributed by atoms with Crippen LogP contribution >= 0.6 is 0 Å². The molecule has 7 nitrogen and oxygen atoms in total. The van der Waals surface area contributed by atoms with Gasteiger partial charge in [0.25, 0.3) is 0 Å². The molecule has 1 atom stereocenters. The van der Waals surface area contributed by atoms with Gasteiger partial charge in [-0.05, 0) is 69.2 Å². The van der Waals surface area contributed by atoms with E-state index >= 15 is 0 Å². The van der Waals surface area contributed by atoms with Gasteiger partial charge in [0.1, 0.15) is 0 Å². The molecule has 1 aromatic rings. The molecule has 2 saturated heterocycles. The summed E-state index contributed by atoms with van der Waals surface area (Å²) in [6.45, 7) is 2.40. The number of carboxylic acid groups (broad SMARTS) is 1. The van der Waals surface area contributed by atoms with E-state index in [0.29, 0.717) is 12.2 Å². The van der Waals surface area contributed by atoms with Crippen LogP contribution in [-0.4, -0.2) is 65.4 Å². The minimum atomic E-state index is -1.07. The molecule has 1 spiro atoms. The number of hydrogen-bond donors (Lipinski definition) is 2. The van der Waals surface area contributed by atoms with E-state index in [2.05, 4.69) is 15.7 Å². The van der Waals surface area contributed by atoms with Gasteiger partial charge in [0.15, 0.2) is 0 Å². The smallest absolute Gasteiger partial charge is 0.412 e. The molecule has 3 aliphatic rings. The van der Waals surface area contributed by atoms with Gasteiger partial charge in [-0.2, -0.15) is 0 Å². The summed E-state index contributed by atoms with van der Waals surface area (Å²) < 4.78 is 0. The lowest BCUT2D eigenvalue weighted by Crippen LogP contribution is -2.50. The second kappa shape index (κ2) is 8.80. The van der Waals surface area contributed by atoms with Crippen LogP contribution in [0.1, 0.15) is 44.9 Å². The summed E-state index contributed by atoms with van der Waals surface area (Å²) >= 11 is 0. The minimum absolute atomic E-state index is 0.00400. The van der Waals surface area contributed by atoms with Gasteiger partial charge in [-0.15, -0.1) is 6.42 Å². The number of amides is 2. The summed E-state index contributed by atoms with van der Waals surface area (Å²) in [5, 5.41) is 19.2. The average Bonchev–Trinajstić information content (AvgIpc) is 3.08. The first-order valence-electron chi connectivity index (χ1n) is 11.2. The Morgan fingerprint density at radius 2 is 1.87 bits per heavy atom. The van der Waals surface area contributed by atoms with E-state index in [1.807, 2.05) is 12.1 Å². The highest BCUT2D eigenvalue weighted by molar-refractivity contribution is 5.87. The van der Waals surface area contributed by atoms with Crippen LogP contribution in [0.25, 0.3) is 0 Å². The van der Waals surface area contributed by atoms with Crippen LogP contribution in [0.5, 0.6) is 0 Å². The zero-order valence-corrected chi connectivity index (χ0v) is 17.9. The van der Waals surface area contributed by atoms with Crippen molar-refractivity contribution in [2.75, 3.05) is 36.0 Å². The molecule has 0 bridgehead atoms. The minimum Gasteiger partial charge on any atom is -0.465 e. The van der Waals surface area contributed by atoms with Crippen LogP contribution in [0.2, 0.25) is 0 Å². The van der Waals surface area contributed by atoms with E-state index in [9.17, 15) is 19.8 Å². The second-order valence-corrected chi connectivity index (χ2v) is 9.11. The van der Waals surface area contributed by atoms with Crippen LogP contribution in [0.15, 0.2) is 24.3 Å². The van der Waals surface area contributed by atoms with E-state index in [0.717, 1.165) is 68.6 Å². The van der Waals surface area contributed by atoms with Gasteiger partial charge in [-0.3, -0.25) is 9.69 Å². The number of aliphatic hydroxyl groups is 1. The Balaban J connectivity index is 1.46. The number of nitrogens with zero attached hydrogens (tertiary/aromatic N) is 3. The fourth-order valence-electron chi connectivity index (χ4n) is 5.50. The fourth-order valence-corrected chi connectivity index (χ4v) is 5.50. The summed E-state index contributed by atoms with van der Waals surface area (Å²) in [5.41, 5.74) is 1.22. The zero-order valence-electron chi connectivity index (χ0n) is 17.9. The van der Waals surface area contributed by atoms with Gasteiger partial charge in [-0.1, -0.05) is 5.92 Å². The normalized spacial score (nSPS) is 28.6. The summed E-state index contributed by atoms with van der Waals surface area (Å²) in [5.74, 6) is 2.65. The average molecular weight is 426 g/mol. The molecule has 3 fully saturated rings. The predicted octanol–water partition coefficient (Wildman–Crippen LogP) is 2.93. The van der Waals surface area contributed by atoms with Gasteiger partial charge < -0.3 is 20.0 Å². The Hall–Kier alpha value is -2.72. The molecule has 0 radical (unpaired) electrons. The second-order valence-electron chi connectivity index (χ2n) is 9.11. The maximum atomic E-state index is 13.5. The first-order valence-corrected chi connectivity index (χ1v) is 11.2. The number of carbonyl (C=O) groups is 2. The number of likely N-dealkylation sites (tertiary alicyclic amines) is 1. The third-order valence-electron chi connectivity index (χ3n) is 7.24. The monoisotopic (exact) mass is 425 g/mol. The quantitative estimate of drug-likeness (QED) is 0.725. The fraction of sp³-hybridized carbons (Fsp3) is 0.583. The van der Waals surface area contributed by atoms with E-state index in [4.69, 9.17) is 6.42 Å². The maximum absolute atomic E-state index is 13.5. The van der Waals surface area contributed by atoms with Crippen molar-refractivity contribution in [2.45, 2.75) is 57.1 Å². The summed E-state index contributed by atoms with van der Waals surface area (Å²) in [6, 6.07) is 7.65. The molecule has 2 heterocycles. The van der Waals surface area contributed by atoms with E-state index in [-0.39, 0.29) is 30.0 Å². The largest absolute Gasteiger partial charge is 0.465 e. The SMILES string of the molecule is C#CCN(C(=O)O)c1ccc(N2CCCC3(CCN(C4CCC(O)CC4)C3=O)C2)cc1. The van der Waals surface area contributed by atoms with Gasteiger partial charge in [0, 0.05) is 37.1 Å². The molecule has 0 aromatic heterocycles. The van der Waals surface area contributed by atoms with Crippen molar-refractivity contribution in [2.24, 2.45) is 5.41 Å². The number of carbonyl (C=O) groups excluding carboxylic acids is 1. The van der Waals surface area contributed by atoms with Crippen molar-refractivity contribution in [1.82, 2.24) is 4.90 Å². The van der Waals surface area contributed by atoms with Crippen LogP contribution in [0.4, 0.5) is 16.2 Å². The highest BCUT2D eigenvalue weighted by atomic mass is 16.4. The molecule has 1 saturated carbocycles. The molecule has 7 heteroatoms. The van der Waals surface area contributed by atoms with Crippen molar-refractivity contribution in [3.63, 3.8) is 0 Å². The summed E-state index contributed by atoms with van der Waals surface area (Å²) in [6.07, 6.45) is 10.1. The Bertz CT molecular complexity index is 857. The summed E-state index contributed by atoms with van der Waals surface area (Å²) in [4.78, 5) is 30.4. The molecule has 166 valence electrons. The molecule has 31 heavy (non-hydrogen) atoms. The first kappa shape index (κ1) is 21.5. The molecule has 1 aliphatic carbocycles. The van der Waals surface area contributed by atoms with Crippen LogP contribution in [0, 0.1) is 17.8 Å². The predicted molar refractivity (Wildman–Crippen MR) is 119 cm³/mol. The van der Waals surface area contributed by atoms with Crippen molar-refractivity contribution in [3.05, 3.63) is 24.3 Å². The molecule has 4 rings (SSSR count). The molecule has 1 unspecified atom stereocenters. The number of terminal acetylenes is 1. The number of rotatable bonds is 4. The van der Waals surface area contributed by atoms with Crippen LogP contribution in [-0.2, 0) is 4.79 Å². The van der Waals surface area contributed by atoms with Gasteiger partial charge in [0.2, 0.25) is 5.91 Å². The lowest BCUT2D eigenvalue weighted by Gasteiger charge is -2.41. The Morgan fingerprint density at radius 3 is 2.52 bits per heavy atom. The lowest BCUT2D eigenvalue weighted by molar-refractivity contribution is -0.139. The molecular formula is C24H31N3O4. The zero-order chi connectivity index (χ0) is 22.0. The Labute approximate surface area is 183 Å². The van der Waals surface area contributed by atoms with Crippen molar-refractivity contribution < 1.29 is 19.8 Å². The molecule has 1 aromatic carbocycles. The van der Waals surface area contributed by atoms with Gasteiger partial charge >= 0.3 is 6.09 Å². The molecule has 2 amide bonds. The topological polar surface area (TPSA) is 84.3 Å². The number of piperidine rings is 1.